The monoisotopic (exact) mass is 1310 g/mol. The van der Waals surface area contributed by atoms with Gasteiger partial charge in [-0.3, -0.25) is 19.2 Å². The first kappa shape index (κ1) is 47.3. The minimum absolute atomic E-state index is 0.0693. The van der Waals surface area contributed by atoms with Crippen molar-refractivity contribution in [1.29, 1.82) is 0 Å². The highest BCUT2D eigenvalue weighted by atomic mass is 16.3. The summed E-state index contributed by atoms with van der Waals surface area (Å²) in [5.41, 5.74) is 19.0. The fourth-order valence-corrected chi connectivity index (χ4v) is 7.79. The molecule has 4 fully saturated rings. The Labute approximate surface area is 575 Å². The van der Waals surface area contributed by atoms with Crippen LogP contribution in [0.3, 0.4) is 0 Å². The lowest BCUT2D eigenvalue weighted by Gasteiger charge is -2.32. The summed E-state index contributed by atoms with van der Waals surface area (Å²) in [5.74, 6) is -12.8. The maximum absolute atomic E-state index is 11.8. The van der Waals surface area contributed by atoms with Gasteiger partial charge >= 0.3 is 0 Å². The number of nitrogens with one attached hydrogen (secondary N) is 8. The second kappa shape index (κ2) is 32.3. The summed E-state index contributed by atoms with van der Waals surface area (Å²) in [6, 6.07) is -8.41. The maximum Gasteiger partial charge on any atom is 0.254 e. The van der Waals surface area contributed by atoms with Crippen LogP contribution in [-0.2, 0) is 0 Å². The van der Waals surface area contributed by atoms with E-state index >= 15 is 0 Å². The van der Waals surface area contributed by atoms with Gasteiger partial charge in [0.15, 0.2) is 0 Å². The van der Waals surface area contributed by atoms with Gasteiger partial charge in [-0.15, -0.1) is 0 Å². The predicted molar refractivity (Wildman–Crippen MR) is 361 cm³/mol. The van der Waals surface area contributed by atoms with Crippen LogP contribution in [-0.4, -0.2) is 155 Å². The van der Waals surface area contributed by atoms with Crippen LogP contribution in [0.4, 0.5) is 47.1 Å². The van der Waals surface area contributed by atoms with E-state index in [1.165, 1.54) is 6.20 Å². The number of primary amides is 4. The van der Waals surface area contributed by atoms with Crippen molar-refractivity contribution in [2.24, 2.45) is 46.5 Å². The molecule has 16 unspecified atom stereocenters. The molecule has 4 heterocycles. The molecule has 4 aliphatic carbocycles. The molecule has 0 bridgehead atoms. The molecule has 28 nitrogen and oxygen atoms in total. The van der Waals surface area contributed by atoms with E-state index in [-0.39, 0.29) is 74.9 Å². The Morgan fingerprint density at radius 3 is 1.16 bits per heavy atom. The van der Waals surface area contributed by atoms with E-state index in [1.807, 2.05) is 83.1 Å². The molecule has 8 rings (SSSR count). The number of aromatic nitrogens is 8. The van der Waals surface area contributed by atoms with Gasteiger partial charge in [0.1, 0.15) is 23.3 Å². The fraction of sp³-hybridized carbons (Fsp3) is 0.688. The van der Waals surface area contributed by atoms with Gasteiger partial charge < -0.3 is 85.9 Å². The first-order valence-electron chi connectivity index (χ1n) is 40.8. The van der Waals surface area contributed by atoms with Crippen LogP contribution in [0.2, 0.25) is 0 Å². The zero-order chi connectivity index (χ0) is 89.5. The third-order valence-electron chi connectivity index (χ3n) is 12.4. The number of aliphatic hydroxyl groups is 4. The van der Waals surface area contributed by atoms with E-state index < -0.39 is 189 Å². The number of carbonyl (C=O) groups is 4. The predicted octanol–water partition coefficient (Wildman–Crippen LogP) is 6.99. The summed E-state index contributed by atoms with van der Waals surface area (Å²) < 4.78 is 189. The second-order valence-electron chi connectivity index (χ2n) is 25.7. The zero-order valence-electron chi connectivity index (χ0n) is 77.8. The Morgan fingerprint density at radius 1 is 0.446 bits per heavy atom. The van der Waals surface area contributed by atoms with Crippen molar-refractivity contribution in [1.82, 2.24) is 39.9 Å². The Hall–Kier alpha value is -7.56. The van der Waals surface area contributed by atoms with Crippen LogP contribution >= 0.6 is 0 Å². The number of rotatable bonds is 16. The molecule has 4 saturated carbocycles. The average Bonchev–Trinajstić information content (AvgIpc) is 0.704. The van der Waals surface area contributed by atoms with E-state index in [1.54, 1.807) is 0 Å². The number of nitrogens with zero attached hydrogens (tertiary/aromatic N) is 8. The van der Waals surface area contributed by atoms with Crippen LogP contribution in [0.15, 0.2) is 24.8 Å². The fourth-order valence-electron chi connectivity index (χ4n) is 7.79. The van der Waals surface area contributed by atoms with E-state index in [0.717, 1.165) is 46.3 Å². The van der Waals surface area contributed by atoms with Crippen LogP contribution in [0, 0.1) is 23.6 Å². The molecule has 4 aromatic heterocycles. The number of amides is 4. The first-order chi connectivity index (χ1) is 51.1. The zero-order valence-corrected chi connectivity index (χ0v) is 54.8. The van der Waals surface area contributed by atoms with Crippen molar-refractivity contribution in [2.45, 2.75) is 258 Å². The largest absolute Gasteiger partial charge is 0.393 e. The van der Waals surface area contributed by atoms with Crippen molar-refractivity contribution in [2.75, 3.05) is 42.5 Å². The van der Waals surface area contributed by atoms with Gasteiger partial charge in [0.25, 0.3) is 23.6 Å². The van der Waals surface area contributed by atoms with Crippen molar-refractivity contribution < 1.29 is 71.1 Å². The van der Waals surface area contributed by atoms with Crippen LogP contribution in [0.1, 0.15) is 260 Å². The quantitative estimate of drug-likeness (QED) is 0.0537. The molecule has 0 aromatic carbocycles. The number of hydrogen-bond donors (Lipinski definition) is 16. The lowest BCUT2D eigenvalue weighted by Crippen LogP contribution is -2.36. The Balaban J connectivity index is 0.000000274. The van der Waals surface area contributed by atoms with Crippen molar-refractivity contribution >= 4 is 70.7 Å². The molecule has 20 N–H and O–H groups in total. The van der Waals surface area contributed by atoms with Gasteiger partial charge in [0, 0.05) is 95.7 Å². The molecule has 16 atom stereocenters. The van der Waals surface area contributed by atoms with Crippen LogP contribution in [0.5, 0.6) is 0 Å². The number of aliphatic hydroxyl groups excluding tert-OH is 2. The molecule has 4 aliphatic rings. The highest BCUT2D eigenvalue weighted by Crippen LogP contribution is 2.32. The summed E-state index contributed by atoms with van der Waals surface area (Å²) >= 11 is 0. The van der Waals surface area contributed by atoms with Gasteiger partial charge in [-0.05, 0) is 183 Å². The minimum Gasteiger partial charge on any atom is -0.393 e. The highest BCUT2D eigenvalue weighted by Gasteiger charge is 2.32. The average molecular weight is 1310 g/mol. The molecule has 512 valence electrons. The topological polar surface area (TPSA) is 453 Å². The van der Waals surface area contributed by atoms with Crippen LogP contribution < -0.4 is 65.5 Å². The lowest BCUT2D eigenvalue weighted by molar-refractivity contribution is 0.0737. The van der Waals surface area contributed by atoms with E-state index in [0.29, 0.717) is 0 Å². The molecule has 0 radical (unpaired) electrons. The SMILES string of the molecule is [2H]C1(Nc2nc(NC(C)(C)C)ncc2C(N)=O)CC([2H])([2H])C([2H])(C)C([2H])(O)C1.[2H]C1([2H])CC(Nc2nc(NC(C)(C)C)ncc2C(N)=O)C([2H])([2H])C([2H])(O)C1([2H])C.[2H]C1C(O)C([2H])(C)C([2H])([2H])C([2H])C1([2H])Nc1nc(NC(C)(C)C)ncc1C(N)=O.[2H]C1C([2H])(C)C(O)C([2H])C([2H])(Nc2nc(NC(C)(C)C)ncc2C(N)=O)C1([2H])[2H]. The molecule has 4 amide bonds. The van der Waals surface area contributed by atoms with Gasteiger partial charge in [0.05, 0.1) is 53.5 Å². The molecule has 0 spiro atoms. The Morgan fingerprint density at radius 2 is 0.783 bits per heavy atom. The number of hydrogen-bond acceptors (Lipinski definition) is 24. The van der Waals surface area contributed by atoms with E-state index in [9.17, 15) is 39.6 Å². The Kier molecular flexibility index (Phi) is 16.6. The van der Waals surface area contributed by atoms with Gasteiger partial charge in [0.2, 0.25) is 23.8 Å². The molecule has 4 aromatic rings. The molecule has 0 aliphatic heterocycles. The molecular formula is C64H108N20O8. The standard InChI is InChI=1S/4C16H27N5O2/c4*1-9-5-6-10(7-12(9)22)19-14-11(13(17)23)8-18-15(20-14)21-16(2,3)4/h4*8-10,12,22H,5-7H2,1-4H3,(H2,17,23)(H2,18,19,20,21)/i5D2,6D,7D,9D,10D;5D,6D2,7D,9D,10D;5D2,9D,10D,12D;5D2,7D2,9D,12D. The minimum atomic E-state index is -3.09. The van der Waals surface area contributed by atoms with Crippen molar-refractivity contribution in [3.63, 3.8) is 0 Å². The number of carbonyl (C=O) groups excluding carboxylic acids is 4. The van der Waals surface area contributed by atoms with Gasteiger partial charge in [-0.25, -0.2) is 19.9 Å². The first-order valence-corrected chi connectivity index (χ1v) is 29.0. The normalized spacial score (nSPS) is 41.8. The van der Waals surface area contributed by atoms with E-state index in [2.05, 4.69) is 82.4 Å². The smallest absolute Gasteiger partial charge is 0.254 e. The van der Waals surface area contributed by atoms with Gasteiger partial charge in [-0.2, -0.15) is 19.9 Å². The van der Waals surface area contributed by atoms with Crippen molar-refractivity contribution in [3.8, 4) is 0 Å². The second-order valence-corrected chi connectivity index (χ2v) is 25.7. The molecule has 92 heavy (non-hydrogen) atoms. The summed E-state index contributed by atoms with van der Waals surface area (Å²) in [6.07, 6.45) is -26.8. The number of anilines is 8. The Bertz CT molecular complexity index is 4230. The van der Waals surface area contributed by atoms with Crippen LogP contribution in [0.25, 0.3) is 0 Å². The molecular weight excluding hydrogens is 1180 g/mol. The summed E-state index contributed by atoms with van der Waals surface area (Å²) in [5, 5.41) is 63.7. The lowest BCUT2D eigenvalue weighted by atomic mass is 9.85. The summed E-state index contributed by atoms with van der Waals surface area (Å²) in [6.45, 7) is 26.6. The summed E-state index contributed by atoms with van der Waals surface area (Å²) in [7, 11) is 0. The molecule has 28 heteroatoms. The third kappa shape index (κ3) is 24.8. The molecule has 0 saturated heterocycles. The third-order valence-corrected chi connectivity index (χ3v) is 12.4. The highest BCUT2D eigenvalue weighted by molar-refractivity contribution is 5.99. The van der Waals surface area contributed by atoms with E-state index in [4.69, 9.17) is 54.5 Å². The van der Waals surface area contributed by atoms with Crippen molar-refractivity contribution in [3.05, 3.63) is 47.0 Å². The maximum atomic E-state index is 11.8. The number of nitrogens with two attached hydrogens (primary N) is 4. The summed E-state index contributed by atoms with van der Waals surface area (Å²) in [4.78, 5) is 79.7. The van der Waals surface area contributed by atoms with Gasteiger partial charge in [-0.1, -0.05) is 27.7 Å².